The summed E-state index contributed by atoms with van der Waals surface area (Å²) in [7, 11) is 2.46. The summed E-state index contributed by atoms with van der Waals surface area (Å²) < 4.78 is 9.03. The molecule has 0 saturated carbocycles. The van der Waals surface area contributed by atoms with Gasteiger partial charge in [-0.3, -0.25) is 24.2 Å². The van der Waals surface area contributed by atoms with Crippen molar-refractivity contribution >= 4 is 23.9 Å². The van der Waals surface area contributed by atoms with E-state index in [1.54, 1.807) is 0 Å². The van der Waals surface area contributed by atoms with Gasteiger partial charge in [-0.1, -0.05) is 0 Å². The second-order valence-electron chi connectivity index (χ2n) is 4.07. The number of esters is 2. The molecule has 1 N–H and O–H groups in total. The molecule has 0 bridgehead atoms. The fourth-order valence-electron chi connectivity index (χ4n) is 1.63. The molecule has 0 aromatic carbocycles. The number of hydrogen-bond donors (Lipinski definition) is 1. The molecule has 3 amide bonds. The molecule has 20 heavy (non-hydrogen) atoms. The summed E-state index contributed by atoms with van der Waals surface area (Å²) in [5.74, 6) is -1.39. The molecule has 0 unspecified atom stereocenters. The molecule has 1 heterocycles. The maximum absolute atomic E-state index is 11.4. The van der Waals surface area contributed by atoms with E-state index in [1.807, 2.05) is 0 Å². The summed E-state index contributed by atoms with van der Waals surface area (Å²) in [6, 6.07) is -0.480. The summed E-state index contributed by atoms with van der Waals surface area (Å²) in [5, 5.41) is 2.38. The average molecular weight is 287 g/mol. The third kappa shape index (κ3) is 4.50. The van der Waals surface area contributed by atoms with Gasteiger partial charge in [0.25, 0.3) is 0 Å². The van der Waals surface area contributed by atoms with E-state index in [9.17, 15) is 19.2 Å². The van der Waals surface area contributed by atoms with E-state index in [2.05, 4.69) is 14.8 Å². The van der Waals surface area contributed by atoms with Gasteiger partial charge in [-0.15, -0.1) is 0 Å². The van der Waals surface area contributed by atoms with Gasteiger partial charge in [-0.25, -0.2) is 4.79 Å². The second kappa shape index (κ2) is 7.43. The normalized spacial score (nSPS) is 14.4. The van der Waals surface area contributed by atoms with Gasteiger partial charge in [0.2, 0.25) is 5.91 Å². The molecule has 1 aliphatic rings. The molecule has 1 saturated heterocycles. The Bertz CT molecular complexity index is 377. The van der Waals surface area contributed by atoms with Crippen LogP contribution in [-0.2, 0) is 23.9 Å². The lowest BCUT2D eigenvalue weighted by molar-refractivity contribution is -0.145. The Morgan fingerprint density at radius 3 is 2.15 bits per heavy atom. The number of carbonyl (C=O) groups excluding carboxylic acids is 4. The van der Waals surface area contributed by atoms with Crippen LogP contribution < -0.4 is 5.32 Å². The lowest BCUT2D eigenvalue weighted by Gasteiger charge is -2.21. The highest BCUT2D eigenvalue weighted by Gasteiger charge is 2.29. The Hall–Kier alpha value is -2.16. The molecule has 0 radical (unpaired) electrons. The van der Waals surface area contributed by atoms with E-state index >= 15 is 0 Å². The summed E-state index contributed by atoms with van der Waals surface area (Å²) in [6.45, 7) is -0.0423. The Morgan fingerprint density at radius 2 is 1.75 bits per heavy atom. The SMILES string of the molecule is COC(=O)CN(CCN1C(=O)CNC1=O)CC(=O)OC. The number of carbonyl (C=O) groups is 4. The zero-order valence-corrected chi connectivity index (χ0v) is 11.4. The van der Waals surface area contributed by atoms with Gasteiger partial charge in [0.15, 0.2) is 0 Å². The minimum atomic E-state index is -0.522. The molecule has 0 aromatic rings. The quantitative estimate of drug-likeness (QED) is 0.434. The van der Waals surface area contributed by atoms with Crippen molar-refractivity contribution in [3.8, 4) is 0 Å². The predicted octanol–water partition coefficient (Wildman–Crippen LogP) is -1.81. The summed E-state index contributed by atoms with van der Waals surface area (Å²) in [5.41, 5.74) is 0. The fraction of sp³-hybridized carbons (Fsp3) is 0.636. The van der Waals surface area contributed by atoms with Gasteiger partial charge in [-0.05, 0) is 0 Å². The van der Waals surface area contributed by atoms with Crippen molar-refractivity contribution in [1.29, 1.82) is 0 Å². The molecule has 1 aliphatic heterocycles. The predicted molar refractivity (Wildman–Crippen MR) is 65.6 cm³/mol. The largest absolute Gasteiger partial charge is 0.468 e. The monoisotopic (exact) mass is 287 g/mol. The number of nitrogens with zero attached hydrogens (tertiary/aromatic N) is 2. The number of imide groups is 1. The number of ether oxygens (including phenoxy) is 2. The summed E-state index contributed by atoms with van der Waals surface area (Å²) >= 11 is 0. The van der Waals surface area contributed by atoms with Gasteiger partial charge in [0.1, 0.15) is 0 Å². The third-order valence-corrected chi connectivity index (χ3v) is 2.74. The van der Waals surface area contributed by atoms with Crippen molar-refractivity contribution in [2.24, 2.45) is 0 Å². The van der Waals surface area contributed by atoms with Gasteiger partial charge in [0, 0.05) is 13.1 Å². The van der Waals surface area contributed by atoms with Crippen molar-refractivity contribution < 1.29 is 28.7 Å². The van der Waals surface area contributed by atoms with Crippen molar-refractivity contribution in [3.63, 3.8) is 0 Å². The lowest BCUT2D eigenvalue weighted by Crippen LogP contribution is -2.42. The molecule has 1 fully saturated rings. The van der Waals surface area contributed by atoms with Crippen LogP contribution in [0.2, 0.25) is 0 Å². The van der Waals surface area contributed by atoms with Crippen LogP contribution in [-0.4, -0.2) is 80.6 Å². The second-order valence-corrected chi connectivity index (χ2v) is 4.07. The van der Waals surface area contributed by atoms with E-state index in [4.69, 9.17) is 0 Å². The van der Waals surface area contributed by atoms with E-state index in [-0.39, 0.29) is 38.6 Å². The Labute approximate surface area is 115 Å². The summed E-state index contributed by atoms with van der Waals surface area (Å²) in [4.78, 5) is 47.7. The molecule has 0 aliphatic carbocycles. The molecule has 112 valence electrons. The summed E-state index contributed by atoms with van der Waals surface area (Å²) in [6.07, 6.45) is 0. The minimum Gasteiger partial charge on any atom is -0.468 e. The van der Waals surface area contributed by atoms with Crippen molar-refractivity contribution in [3.05, 3.63) is 0 Å². The molecule has 1 rings (SSSR count). The first-order valence-electron chi connectivity index (χ1n) is 5.92. The van der Waals surface area contributed by atoms with E-state index in [0.717, 1.165) is 4.90 Å². The maximum atomic E-state index is 11.4. The van der Waals surface area contributed by atoms with Crippen molar-refractivity contribution in [2.75, 3.05) is 46.9 Å². The molecule has 0 aromatic heterocycles. The number of amides is 3. The lowest BCUT2D eigenvalue weighted by atomic mass is 10.4. The third-order valence-electron chi connectivity index (χ3n) is 2.74. The van der Waals surface area contributed by atoms with Gasteiger partial charge >= 0.3 is 18.0 Å². The van der Waals surface area contributed by atoms with E-state index in [1.165, 1.54) is 19.1 Å². The standard InChI is InChI=1S/C11H17N3O6/c1-19-9(16)6-13(7-10(17)20-2)3-4-14-8(15)5-12-11(14)18/h3-7H2,1-2H3,(H,12,18). The van der Waals surface area contributed by atoms with Crippen molar-refractivity contribution in [2.45, 2.75) is 0 Å². The Morgan fingerprint density at radius 1 is 1.20 bits per heavy atom. The van der Waals surface area contributed by atoms with Gasteiger partial charge < -0.3 is 14.8 Å². The zero-order chi connectivity index (χ0) is 15.1. The van der Waals surface area contributed by atoms with Crippen LogP contribution in [0.15, 0.2) is 0 Å². The maximum Gasteiger partial charge on any atom is 0.324 e. The first kappa shape index (κ1) is 15.9. The highest BCUT2D eigenvalue weighted by atomic mass is 16.5. The molecular weight excluding hydrogens is 270 g/mol. The number of rotatable bonds is 7. The van der Waals surface area contributed by atoms with Crippen molar-refractivity contribution in [1.82, 2.24) is 15.1 Å². The highest BCUT2D eigenvalue weighted by molar-refractivity contribution is 6.01. The average Bonchev–Trinajstić information content (AvgIpc) is 2.75. The number of urea groups is 1. The van der Waals surface area contributed by atoms with Crippen LogP contribution in [0, 0.1) is 0 Å². The fourth-order valence-corrected chi connectivity index (χ4v) is 1.63. The minimum absolute atomic E-state index is 0.0349. The molecule has 0 atom stereocenters. The first-order chi connectivity index (χ1) is 9.47. The molecule has 9 nitrogen and oxygen atoms in total. The van der Waals surface area contributed by atoms with Crippen LogP contribution in [0.5, 0.6) is 0 Å². The van der Waals surface area contributed by atoms with Gasteiger partial charge in [0.05, 0.1) is 33.9 Å². The molecular formula is C11H17N3O6. The van der Waals surface area contributed by atoms with E-state index < -0.39 is 18.0 Å². The highest BCUT2D eigenvalue weighted by Crippen LogP contribution is 2.00. The smallest absolute Gasteiger partial charge is 0.324 e. The molecule has 9 heteroatoms. The van der Waals surface area contributed by atoms with Crippen LogP contribution in [0.3, 0.4) is 0 Å². The number of hydrogen-bond acceptors (Lipinski definition) is 7. The van der Waals surface area contributed by atoms with Crippen LogP contribution in [0.1, 0.15) is 0 Å². The van der Waals surface area contributed by atoms with Crippen LogP contribution in [0.4, 0.5) is 4.79 Å². The van der Waals surface area contributed by atoms with Crippen LogP contribution in [0.25, 0.3) is 0 Å². The van der Waals surface area contributed by atoms with Crippen LogP contribution >= 0.6 is 0 Å². The first-order valence-corrected chi connectivity index (χ1v) is 5.92. The topological polar surface area (TPSA) is 105 Å². The van der Waals surface area contributed by atoms with Gasteiger partial charge in [-0.2, -0.15) is 0 Å². The van der Waals surface area contributed by atoms with E-state index in [0.29, 0.717) is 0 Å². The number of methoxy groups -OCH3 is 2. The Balaban J connectivity index is 2.54. The Kier molecular flexibility index (Phi) is 5.91. The zero-order valence-electron chi connectivity index (χ0n) is 11.4. The molecule has 0 spiro atoms. The number of nitrogens with one attached hydrogen (secondary N) is 1.